The molecule has 1 fully saturated rings. The van der Waals surface area contributed by atoms with E-state index in [-0.39, 0.29) is 11.3 Å². The van der Waals surface area contributed by atoms with E-state index in [1.807, 2.05) is 0 Å². The third kappa shape index (κ3) is 2.62. The van der Waals surface area contributed by atoms with Gasteiger partial charge in [-0.1, -0.05) is 0 Å². The second-order valence-corrected chi connectivity index (χ2v) is 4.77. The lowest BCUT2D eigenvalue weighted by Gasteiger charge is -2.45. The molecule has 0 aromatic heterocycles. The molecule has 1 aromatic rings. The molecule has 1 aliphatic rings. The first kappa shape index (κ1) is 15.8. The molecule has 9 heteroatoms. The molecule has 1 heterocycles. The molecular formula is C12H15NO8. The highest BCUT2D eigenvalue weighted by Crippen LogP contribution is 2.36. The van der Waals surface area contributed by atoms with Gasteiger partial charge in [0.1, 0.15) is 24.4 Å². The van der Waals surface area contributed by atoms with Crippen LogP contribution in [0.2, 0.25) is 0 Å². The van der Waals surface area contributed by atoms with E-state index in [1.165, 1.54) is 0 Å². The van der Waals surface area contributed by atoms with Gasteiger partial charge in [-0.05, 0) is 12.1 Å². The number of ether oxygens (including phenoxy) is 1. The Morgan fingerprint density at radius 1 is 1.19 bits per heavy atom. The number of aliphatic hydroxyl groups is 5. The highest BCUT2D eigenvalue weighted by molar-refractivity contribution is 5.35. The summed E-state index contributed by atoms with van der Waals surface area (Å²) in [6, 6.07) is 4.49. The van der Waals surface area contributed by atoms with Crippen LogP contribution in [0.15, 0.2) is 24.3 Å². The topological polar surface area (TPSA) is 154 Å². The van der Waals surface area contributed by atoms with E-state index in [0.29, 0.717) is 0 Å². The van der Waals surface area contributed by atoms with Crippen molar-refractivity contribution >= 4 is 5.69 Å². The summed E-state index contributed by atoms with van der Waals surface area (Å²) >= 11 is 0. The van der Waals surface area contributed by atoms with Crippen LogP contribution in [0.25, 0.3) is 0 Å². The van der Waals surface area contributed by atoms with Crippen molar-refractivity contribution in [2.45, 2.75) is 30.2 Å². The molecule has 1 aromatic carbocycles. The monoisotopic (exact) mass is 301 g/mol. The summed E-state index contributed by atoms with van der Waals surface area (Å²) in [6.07, 6.45) is -6.54. The van der Waals surface area contributed by atoms with Crippen molar-refractivity contribution in [3.8, 4) is 0 Å². The number of nitro benzene ring substituents is 1. The van der Waals surface area contributed by atoms with Crippen LogP contribution in [0, 0.1) is 10.1 Å². The Labute approximate surface area is 118 Å². The van der Waals surface area contributed by atoms with Crippen LogP contribution in [-0.4, -0.2) is 61.5 Å². The lowest BCUT2D eigenvalue weighted by atomic mass is 9.88. The third-order valence-corrected chi connectivity index (χ3v) is 3.46. The van der Waals surface area contributed by atoms with Gasteiger partial charge in [-0.2, -0.15) is 0 Å². The fourth-order valence-electron chi connectivity index (χ4n) is 2.21. The molecule has 0 saturated carbocycles. The molecule has 0 spiro atoms. The molecule has 9 nitrogen and oxygen atoms in total. The zero-order chi connectivity index (χ0) is 15.8. The van der Waals surface area contributed by atoms with Gasteiger partial charge >= 0.3 is 0 Å². The SMILES string of the molecule is O=[N+]([O-])c1ccc([C@@]2(O)O[C@H](CO)[C@@H](O)[C@H](O)[C@@H]2O)cc1. The minimum Gasteiger partial charge on any atom is -0.394 e. The summed E-state index contributed by atoms with van der Waals surface area (Å²) < 4.78 is 5.08. The van der Waals surface area contributed by atoms with Crippen LogP contribution in [0.3, 0.4) is 0 Å². The number of aliphatic hydroxyl groups excluding tert-OH is 4. The second-order valence-electron chi connectivity index (χ2n) is 4.77. The maximum absolute atomic E-state index is 10.6. The average Bonchev–Trinajstić information content (AvgIpc) is 2.49. The Kier molecular flexibility index (Phi) is 4.23. The van der Waals surface area contributed by atoms with E-state index in [2.05, 4.69) is 0 Å². The normalized spacial score (nSPS) is 36.4. The van der Waals surface area contributed by atoms with Gasteiger partial charge in [0.2, 0.25) is 5.79 Å². The van der Waals surface area contributed by atoms with Gasteiger partial charge in [0, 0.05) is 17.7 Å². The number of hydrogen-bond acceptors (Lipinski definition) is 8. The molecule has 0 amide bonds. The van der Waals surface area contributed by atoms with Crippen LogP contribution in [-0.2, 0) is 10.5 Å². The summed E-state index contributed by atoms with van der Waals surface area (Å²) in [5, 5.41) is 59.3. The summed E-state index contributed by atoms with van der Waals surface area (Å²) in [5.41, 5.74) is -0.281. The van der Waals surface area contributed by atoms with E-state index < -0.39 is 41.7 Å². The lowest BCUT2D eigenvalue weighted by Crippen LogP contribution is -2.63. The number of non-ortho nitro benzene ring substituents is 1. The number of hydrogen-bond donors (Lipinski definition) is 5. The summed E-state index contributed by atoms with van der Waals surface area (Å²) in [5.74, 6) is -2.40. The van der Waals surface area contributed by atoms with Crippen LogP contribution in [0.5, 0.6) is 0 Å². The summed E-state index contributed by atoms with van der Waals surface area (Å²) in [4.78, 5) is 9.94. The third-order valence-electron chi connectivity index (χ3n) is 3.46. The molecule has 5 atom stereocenters. The highest BCUT2D eigenvalue weighted by Gasteiger charge is 2.53. The van der Waals surface area contributed by atoms with E-state index in [0.717, 1.165) is 24.3 Å². The van der Waals surface area contributed by atoms with Crippen molar-refractivity contribution in [2.75, 3.05) is 6.61 Å². The van der Waals surface area contributed by atoms with E-state index in [1.54, 1.807) is 0 Å². The van der Waals surface area contributed by atoms with Crippen LogP contribution in [0.4, 0.5) is 5.69 Å². The molecule has 21 heavy (non-hydrogen) atoms. The largest absolute Gasteiger partial charge is 0.394 e. The van der Waals surface area contributed by atoms with Gasteiger partial charge in [0.05, 0.1) is 11.5 Å². The molecular weight excluding hydrogens is 286 g/mol. The van der Waals surface area contributed by atoms with Crippen LogP contribution in [0.1, 0.15) is 5.56 Å². The lowest BCUT2D eigenvalue weighted by molar-refractivity contribution is -0.385. The van der Waals surface area contributed by atoms with E-state index in [9.17, 15) is 30.5 Å². The molecule has 1 aliphatic heterocycles. The van der Waals surface area contributed by atoms with Gasteiger partial charge in [-0.15, -0.1) is 0 Å². The zero-order valence-electron chi connectivity index (χ0n) is 10.7. The highest BCUT2D eigenvalue weighted by atomic mass is 16.7. The standard InChI is InChI=1S/C12H15NO8/c14-5-8-9(15)10(16)11(17)12(18,21-8)6-1-3-7(4-2-6)13(19)20/h1-4,8-11,14-18H,5H2/t8-,9-,10+,11+,12-/m1/s1. The Morgan fingerprint density at radius 2 is 1.76 bits per heavy atom. The molecule has 2 rings (SSSR count). The predicted octanol–water partition coefficient (Wildman–Crippen LogP) is -1.79. The fraction of sp³-hybridized carbons (Fsp3) is 0.500. The van der Waals surface area contributed by atoms with Crippen LogP contribution < -0.4 is 0 Å². The van der Waals surface area contributed by atoms with E-state index >= 15 is 0 Å². The fourth-order valence-corrected chi connectivity index (χ4v) is 2.21. The van der Waals surface area contributed by atoms with Crippen LogP contribution >= 0.6 is 0 Å². The number of benzene rings is 1. The first-order valence-corrected chi connectivity index (χ1v) is 6.11. The summed E-state index contributed by atoms with van der Waals surface area (Å²) in [7, 11) is 0. The first-order valence-electron chi connectivity index (χ1n) is 6.11. The Hall–Kier alpha value is -1.62. The maximum atomic E-state index is 10.6. The van der Waals surface area contributed by atoms with Gasteiger partial charge < -0.3 is 30.3 Å². The molecule has 0 unspecified atom stereocenters. The van der Waals surface area contributed by atoms with Gasteiger partial charge in [0.15, 0.2) is 0 Å². The van der Waals surface area contributed by atoms with E-state index in [4.69, 9.17) is 9.84 Å². The second kappa shape index (κ2) is 5.64. The van der Waals surface area contributed by atoms with Gasteiger partial charge in [-0.3, -0.25) is 10.1 Å². The quantitative estimate of drug-likeness (QED) is 0.324. The number of rotatable bonds is 3. The van der Waals surface area contributed by atoms with Gasteiger partial charge in [0.25, 0.3) is 5.69 Å². The molecule has 1 saturated heterocycles. The van der Waals surface area contributed by atoms with Crippen molar-refractivity contribution in [1.82, 2.24) is 0 Å². The number of nitro groups is 1. The maximum Gasteiger partial charge on any atom is 0.269 e. The van der Waals surface area contributed by atoms with Crippen molar-refractivity contribution in [1.29, 1.82) is 0 Å². The minimum atomic E-state index is -2.40. The predicted molar refractivity (Wildman–Crippen MR) is 67.0 cm³/mol. The smallest absolute Gasteiger partial charge is 0.269 e. The van der Waals surface area contributed by atoms with Crippen molar-refractivity contribution in [2.24, 2.45) is 0 Å². The minimum absolute atomic E-state index is 0.0509. The van der Waals surface area contributed by atoms with Crippen molar-refractivity contribution < 1.29 is 35.2 Å². The van der Waals surface area contributed by atoms with Crippen molar-refractivity contribution in [3.05, 3.63) is 39.9 Å². The first-order chi connectivity index (χ1) is 9.81. The molecule has 0 aliphatic carbocycles. The Balaban J connectivity index is 2.37. The average molecular weight is 301 g/mol. The molecule has 5 N–H and O–H groups in total. The number of nitrogens with zero attached hydrogens (tertiary/aromatic N) is 1. The molecule has 116 valence electrons. The summed E-state index contributed by atoms with van der Waals surface area (Å²) in [6.45, 7) is -0.694. The van der Waals surface area contributed by atoms with Crippen molar-refractivity contribution in [3.63, 3.8) is 0 Å². The molecule has 0 bridgehead atoms. The Bertz CT molecular complexity index is 518. The zero-order valence-corrected chi connectivity index (χ0v) is 10.7. The Morgan fingerprint density at radius 3 is 2.24 bits per heavy atom. The van der Waals surface area contributed by atoms with Gasteiger partial charge in [-0.25, -0.2) is 0 Å². The molecule has 0 radical (unpaired) electrons.